The lowest BCUT2D eigenvalue weighted by molar-refractivity contribution is 0.569. The SMILES string of the molecule is CCNC(=NCc1ccccc1CS(=O)(=O)NC(C)C)NCCc1ccccn1.I. The van der Waals surface area contributed by atoms with Crippen molar-refractivity contribution in [3.63, 3.8) is 0 Å². The van der Waals surface area contributed by atoms with Gasteiger partial charge in [0, 0.05) is 37.4 Å². The number of aliphatic imine (C=N–C) groups is 1. The van der Waals surface area contributed by atoms with E-state index in [4.69, 9.17) is 0 Å². The van der Waals surface area contributed by atoms with Gasteiger partial charge in [0.05, 0.1) is 12.3 Å². The molecule has 3 N–H and O–H groups in total. The Bertz CT molecular complexity index is 889. The van der Waals surface area contributed by atoms with Crippen molar-refractivity contribution in [1.82, 2.24) is 20.3 Å². The summed E-state index contributed by atoms with van der Waals surface area (Å²) in [6.07, 6.45) is 2.58. The number of hydrogen-bond acceptors (Lipinski definition) is 4. The lowest BCUT2D eigenvalue weighted by Gasteiger charge is -2.13. The highest BCUT2D eigenvalue weighted by atomic mass is 127. The molecule has 30 heavy (non-hydrogen) atoms. The van der Waals surface area contributed by atoms with Crippen molar-refractivity contribution in [2.75, 3.05) is 13.1 Å². The van der Waals surface area contributed by atoms with Crippen molar-refractivity contribution in [2.45, 2.75) is 45.5 Å². The molecular formula is C21H32IN5O2S. The molecule has 0 bridgehead atoms. The second-order valence-corrected chi connectivity index (χ2v) is 8.75. The average molecular weight is 545 g/mol. The summed E-state index contributed by atoms with van der Waals surface area (Å²) >= 11 is 0. The molecule has 166 valence electrons. The second kappa shape index (κ2) is 13.6. The summed E-state index contributed by atoms with van der Waals surface area (Å²) in [5.41, 5.74) is 2.67. The minimum absolute atomic E-state index is 0. The Kier molecular flexibility index (Phi) is 11.9. The van der Waals surface area contributed by atoms with Crippen LogP contribution in [0, 0.1) is 0 Å². The molecule has 0 aliphatic heterocycles. The van der Waals surface area contributed by atoms with Gasteiger partial charge in [0.15, 0.2) is 5.96 Å². The van der Waals surface area contributed by atoms with E-state index in [1.54, 1.807) is 6.20 Å². The molecule has 0 saturated heterocycles. The maximum absolute atomic E-state index is 12.3. The first kappa shape index (κ1) is 26.3. The van der Waals surface area contributed by atoms with E-state index in [9.17, 15) is 8.42 Å². The maximum Gasteiger partial charge on any atom is 0.216 e. The summed E-state index contributed by atoms with van der Waals surface area (Å²) in [4.78, 5) is 8.94. The summed E-state index contributed by atoms with van der Waals surface area (Å²) in [5.74, 6) is 0.641. The molecule has 0 fully saturated rings. The number of nitrogens with zero attached hydrogens (tertiary/aromatic N) is 2. The average Bonchev–Trinajstić information content (AvgIpc) is 2.66. The lowest BCUT2D eigenvalue weighted by Crippen LogP contribution is -2.38. The molecule has 0 amide bonds. The summed E-state index contributed by atoms with van der Waals surface area (Å²) < 4.78 is 27.2. The Morgan fingerprint density at radius 3 is 2.40 bits per heavy atom. The molecule has 0 saturated carbocycles. The van der Waals surface area contributed by atoms with Crippen LogP contribution in [0.15, 0.2) is 53.7 Å². The van der Waals surface area contributed by atoms with Crippen molar-refractivity contribution < 1.29 is 8.42 Å². The molecule has 2 aromatic rings. The zero-order chi connectivity index (χ0) is 21.1. The van der Waals surface area contributed by atoms with E-state index in [0.717, 1.165) is 29.8 Å². The maximum atomic E-state index is 12.3. The van der Waals surface area contributed by atoms with Gasteiger partial charge in [0.25, 0.3) is 0 Å². The van der Waals surface area contributed by atoms with Gasteiger partial charge in [0.2, 0.25) is 10.0 Å². The van der Waals surface area contributed by atoms with Crippen LogP contribution >= 0.6 is 24.0 Å². The highest BCUT2D eigenvalue weighted by molar-refractivity contribution is 14.0. The van der Waals surface area contributed by atoms with Crippen molar-refractivity contribution >= 4 is 40.0 Å². The van der Waals surface area contributed by atoms with E-state index in [0.29, 0.717) is 19.0 Å². The zero-order valence-corrected chi connectivity index (χ0v) is 20.9. The Morgan fingerprint density at radius 2 is 1.77 bits per heavy atom. The van der Waals surface area contributed by atoms with E-state index in [1.807, 2.05) is 63.2 Å². The quantitative estimate of drug-likeness (QED) is 0.243. The van der Waals surface area contributed by atoms with Gasteiger partial charge >= 0.3 is 0 Å². The predicted molar refractivity (Wildman–Crippen MR) is 134 cm³/mol. The van der Waals surface area contributed by atoms with Gasteiger partial charge in [0.1, 0.15) is 0 Å². The Balaban J connectivity index is 0.00000450. The van der Waals surface area contributed by atoms with Crippen LogP contribution in [0.1, 0.15) is 37.6 Å². The molecular weight excluding hydrogens is 513 g/mol. The smallest absolute Gasteiger partial charge is 0.216 e. The van der Waals surface area contributed by atoms with E-state index in [2.05, 4.69) is 25.3 Å². The van der Waals surface area contributed by atoms with Gasteiger partial charge in [-0.05, 0) is 44.0 Å². The number of guanidine groups is 1. The number of pyridine rings is 1. The van der Waals surface area contributed by atoms with Crippen LogP contribution in [0.5, 0.6) is 0 Å². The first-order chi connectivity index (χ1) is 13.9. The minimum atomic E-state index is -3.39. The largest absolute Gasteiger partial charge is 0.357 e. The fraction of sp³-hybridized carbons (Fsp3) is 0.429. The van der Waals surface area contributed by atoms with Gasteiger partial charge in [-0.2, -0.15) is 0 Å². The van der Waals surface area contributed by atoms with Crippen molar-refractivity contribution in [3.8, 4) is 0 Å². The van der Waals surface area contributed by atoms with E-state index in [1.165, 1.54) is 0 Å². The number of aromatic nitrogens is 1. The van der Waals surface area contributed by atoms with Crippen LogP contribution in [0.4, 0.5) is 0 Å². The number of sulfonamides is 1. The molecule has 7 nitrogen and oxygen atoms in total. The van der Waals surface area contributed by atoms with Crippen LogP contribution in [0.3, 0.4) is 0 Å². The number of halogens is 1. The van der Waals surface area contributed by atoms with Gasteiger partial charge < -0.3 is 10.6 Å². The lowest BCUT2D eigenvalue weighted by atomic mass is 10.1. The molecule has 0 unspecified atom stereocenters. The number of benzene rings is 1. The van der Waals surface area contributed by atoms with Crippen LogP contribution in [-0.4, -0.2) is 38.5 Å². The molecule has 1 aromatic carbocycles. The van der Waals surface area contributed by atoms with Gasteiger partial charge in [-0.3, -0.25) is 4.98 Å². The topological polar surface area (TPSA) is 95.5 Å². The van der Waals surface area contributed by atoms with Crippen molar-refractivity contribution in [3.05, 3.63) is 65.5 Å². The molecule has 1 aromatic heterocycles. The normalized spacial score (nSPS) is 11.8. The molecule has 0 aliphatic carbocycles. The van der Waals surface area contributed by atoms with Gasteiger partial charge in [-0.15, -0.1) is 24.0 Å². The third-order valence-corrected chi connectivity index (χ3v) is 5.55. The highest BCUT2D eigenvalue weighted by Gasteiger charge is 2.15. The van der Waals surface area contributed by atoms with Crippen LogP contribution in [0.2, 0.25) is 0 Å². The third-order valence-electron chi connectivity index (χ3n) is 4.03. The van der Waals surface area contributed by atoms with Crippen molar-refractivity contribution in [2.24, 2.45) is 4.99 Å². The predicted octanol–water partition coefficient (Wildman–Crippen LogP) is 2.83. The van der Waals surface area contributed by atoms with Crippen LogP contribution in [-0.2, 0) is 28.7 Å². The van der Waals surface area contributed by atoms with Gasteiger partial charge in [-0.25, -0.2) is 18.1 Å². The van der Waals surface area contributed by atoms with Crippen LogP contribution < -0.4 is 15.4 Å². The summed E-state index contributed by atoms with van der Waals surface area (Å²) in [5, 5.41) is 6.52. The minimum Gasteiger partial charge on any atom is -0.357 e. The Labute approximate surface area is 197 Å². The number of rotatable bonds is 10. The second-order valence-electron chi connectivity index (χ2n) is 6.99. The Morgan fingerprint density at radius 1 is 1.07 bits per heavy atom. The highest BCUT2D eigenvalue weighted by Crippen LogP contribution is 2.13. The summed E-state index contributed by atoms with van der Waals surface area (Å²) in [7, 11) is -3.39. The first-order valence-electron chi connectivity index (χ1n) is 9.88. The monoisotopic (exact) mass is 545 g/mol. The summed E-state index contributed by atoms with van der Waals surface area (Å²) in [6.45, 7) is 7.47. The van der Waals surface area contributed by atoms with E-state index >= 15 is 0 Å². The fourth-order valence-electron chi connectivity index (χ4n) is 2.82. The molecule has 1 heterocycles. The molecule has 9 heteroatoms. The molecule has 0 radical (unpaired) electrons. The number of nitrogens with one attached hydrogen (secondary N) is 3. The number of hydrogen-bond donors (Lipinski definition) is 3. The summed E-state index contributed by atoms with van der Waals surface area (Å²) in [6, 6.07) is 13.2. The van der Waals surface area contributed by atoms with E-state index in [-0.39, 0.29) is 35.8 Å². The molecule has 2 rings (SSSR count). The first-order valence-corrected chi connectivity index (χ1v) is 11.5. The fourth-order valence-corrected chi connectivity index (χ4v) is 4.31. The van der Waals surface area contributed by atoms with Crippen LogP contribution in [0.25, 0.3) is 0 Å². The molecule has 0 spiro atoms. The van der Waals surface area contributed by atoms with Gasteiger partial charge in [-0.1, -0.05) is 30.3 Å². The molecule has 0 atom stereocenters. The third kappa shape index (κ3) is 9.86. The zero-order valence-electron chi connectivity index (χ0n) is 17.8. The standard InChI is InChI=1S/C21H31N5O2S.HI/c1-4-22-21(24-14-12-20-11-7-8-13-23-20)25-15-18-9-5-6-10-19(18)16-29(27,28)26-17(2)3;/h5-11,13,17,26H,4,12,14-16H2,1-3H3,(H2,22,24,25);1H. The van der Waals surface area contributed by atoms with Crippen molar-refractivity contribution in [1.29, 1.82) is 0 Å². The van der Waals surface area contributed by atoms with E-state index < -0.39 is 10.0 Å². The molecule has 0 aliphatic rings. The Hall–Kier alpha value is -1.72.